The van der Waals surface area contributed by atoms with Crippen molar-refractivity contribution >= 4 is 5.91 Å². The van der Waals surface area contributed by atoms with Gasteiger partial charge in [0, 0.05) is 26.1 Å². The van der Waals surface area contributed by atoms with Crippen LogP contribution in [0.1, 0.15) is 32.1 Å². The Labute approximate surface area is 121 Å². The van der Waals surface area contributed by atoms with E-state index in [1.54, 1.807) is 0 Å². The molecular formula is C17H24N2O. The van der Waals surface area contributed by atoms with E-state index >= 15 is 0 Å². The van der Waals surface area contributed by atoms with Gasteiger partial charge in [0.15, 0.2) is 0 Å². The molecule has 2 saturated heterocycles. The fraction of sp³-hybridized carbons (Fsp3) is 0.824. The molecule has 4 atom stereocenters. The molecule has 0 aromatic heterocycles. The second kappa shape index (κ2) is 5.07. The molecular weight excluding hydrogens is 248 g/mol. The Hall–Kier alpha value is -1.01. The third-order valence-corrected chi connectivity index (χ3v) is 6.08. The highest BCUT2D eigenvalue weighted by Crippen LogP contribution is 2.54. The van der Waals surface area contributed by atoms with Crippen LogP contribution in [0.3, 0.4) is 0 Å². The Kier molecular flexibility index (Phi) is 3.22. The molecule has 2 aliphatic heterocycles. The van der Waals surface area contributed by atoms with E-state index in [9.17, 15) is 4.79 Å². The topological polar surface area (TPSA) is 23.6 Å². The fourth-order valence-corrected chi connectivity index (χ4v) is 5.09. The van der Waals surface area contributed by atoms with E-state index in [0.717, 1.165) is 49.6 Å². The third kappa shape index (κ3) is 2.15. The molecule has 0 radical (unpaired) electrons. The monoisotopic (exact) mass is 272 g/mol. The first-order chi connectivity index (χ1) is 9.81. The minimum atomic E-state index is 0.284. The number of fused-ring (bicyclic) bond motifs is 5. The normalized spacial score (nSPS) is 39.2. The van der Waals surface area contributed by atoms with Gasteiger partial charge in [0.1, 0.15) is 0 Å². The molecule has 1 amide bonds. The summed E-state index contributed by atoms with van der Waals surface area (Å²) in [6, 6.07) is 0. The highest BCUT2D eigenvalue weighted by atomic mass is 16.2. The number of rotatable bonds is 2. The number of carbonyl (C=O) groups is 1. The molecule has 4 aliphatic rings. The lowest BCUT2D eigenvalue weighted by Crippen LogP contribution is -2.25. The van der Waals surface area contributed by atoms with Crippen molar-refractivity contribution in [1.82, 2.24) is 9.80 Å². The zero-order valence-corrected chi connectivity index (χ0v) is 12.2. The Morgan fingerprint density at radius 3 is 2.40 bits per heavy atom. The van der Waals surface area contributed by atoms with Crippen molar-refractivity contribution < 1.29 is 4.79 Å². The van der Waals surface area contributed by atoms with Crippen molar-refractivity contribution in [3.8, 4) is 11.8 Å². The molecule has 0 aromatic carbocycles. The maximum absolute atomic E-state index is 11.5. The molecule has 0 spiro atoms. The van der Waals surface area contributed by atoms with Gasteiger partial charge in [-0.05, 0) is 49.4 Å². The number of hydrogen-bond donors (Lipinski definition) is 0. The van der Waals surface area contributed by atoms with Crippen LogP contribution in [0.2, 0.25) is 0 Å². The van der Waals surface area contributed by atoms with Crippen molar-refractivity contribution in [2.45, 2.75) is 32.1 Å². The van der Waals surface area contributed by atoms with E-state index in [1.165, 1.54) is 32.4 Å². The minimum absolute atomic E-state index is 0.284. The molecule has 2 heterocycles. The highest BCUT2D eigenvalue weighted by Gasteiger charge is 2.51. The van der Waals surface area contributed by atoms with E-state index in [2.05, 4.69) is 16.7 Å². The van der Waals surface area contributed by atoms with Gasteiger partial charge in [0.25, 0.3) is 0 Å². The standard InChI is InChI=1S/C17H24N2O/c20-17-4-3-9-19(17)8-2-1-7-18-11-15-13-5-6-14(10-13)16(15)12-18/h13-16H,3-12H2/t13-,14-,15-,16-/m0/s1. The van der Waals surface area contributed by atoms with Crippen LogP contribution in [0.15, 0.2) is 0 Å². The second-order valence-electron chi connectivity index (χ2n) is 7.13. The summed E-state index contributed by atoms with van der Waals surface area (Å²) in [7, 11) is 0. The summed E-state index contributed by atoms with van der Waals surface area (Å²) in [5.74, 6) is 10.8. The van der Waals surface area contributed by atoms with Gasteiger partial charge in [-0.1, -0.05) is 11.8 Å². The first kappa shape index (κ1) is 12.7. The summed E-state index contributed by atoms with van der Waals surface area (Å²) >= 11 is 0. The number of likely N-dealkylation sites (tertiary alicyclic amines) is 2. The fourth-order valence-electron chi connectivity index (χ4n) is 5.09. The number of carbonyl (C=O) groups excluding carboxylic acids is 1. The zero-order valence-electron chi connectivity index (χ0n) is 12.2. The third-order valence-electron chi connectivity index (χ3n) is 6.08. The van der Waals surface area contributed by atoms with E-state index in [-0.39, 0.29) is 5.91 Å². The quantitative estimate of drug-likeness (QED) is 0.713. The van der Waals surface area contributed by atoms with Crippen LogP contribution < -0.4 is 0 Å². The molecule has 0 N–H and O–H groups in total. The predicted octanol–water partition coefficient (Wildman–Crippen LogP) is 1.59. The minimum Gasteiger partial charge on any atom is -0.332 e. The van der Waals surface area contributed by atoms with Gasteiger partial charge in [-0.2, -0.15) is 0 Å². The lowest BCUT2D eigenvalue weighted by atomic mass is 9.82. The first-order valence-corrected chi connectivity index (χ1v) is 8.27. The molecule has 2 aliphatic carbocycles. The molecule has 2 bridgehead atoms. The molecule has 0 aromatic rings. The van der Waals surface area contributed by atoms with Crippen molar-refractivity contribution in [3.63, 3.8) is 0 Å². The van der Waals surface area contributed by atoms with Crippen LogP contribution in [0.25, 0.3) is 0 Å². The number of amides is 1. The van der Waals surface area contributed by atoms with Crippen LogP contribution in [0.5, 0.6) is 0 Å². The Balaban J connectivity index is 1.26. The van der Waals surface area contributed by atoms with Gasteiger partial charge in [-0.25, -0.2) is 0 Å². The van der Waals surface area contributed by atoms with E-state index in [1.807, 2.05) is 4.90 Å². The lowest BCUT2D eigenvalue weighted by molar-refractivity contribution is -0.127. The van der Waals surface area contributed by atoms with Crippen molar-refractivity contribution in [3.05, 3.63) is 0 Å². The van der Waals surface area contributed by atoms with Crippen LogP contribution in [0.4, 0.5) is 0 Å². The maximum Gasteiger partial charge on any atom is 0.223 e. The molecule has 108 valence electrons. The largest absolute Gasteiger partial charge is 0.332 e. The summed E-state index contributed by atoms with van der Waals surface area (Å²) in [5.41, 5.74) is 0. The smallest absolute Gasteiger partial charge is 0.223 e. The van der Waals surface area contributed by atoms with Crippen molar-refractivity contribution in [1.29, 1.82) is 0 Å². The molecule has 4 fully saturated rings. The van der Waals surface area contributed by atoms with Crippen molar-refractivity contribution in [2.24, 2.45) is 23.7 Å². The van der Waals surface area contributed by atoms with Gasteiger partial charge in [0.05, 0.1) is 13.1 Å². The van der Waals surface area contributed by atoms with Crippen LogP contribution in [-0.4, -0.2) is 48.4 Å². The molecule has 0 unspecified atom stereocenters. The number of nitrogens with zero attached hydrogens (tertiary/aromatic N) is 2. The average molecular weight is 272 g/mol. The van der Waals surface area contributed by atoms with Gasteiger partial charge < -0.3 is 4.90 Å². The molecule has 20 heavy (non-hydrogen) atoms. The summed E-state index contributed by atoms with van der Waals surface area (Å²) < 4.78 is 0. The predicted molar refractivity (Wildman–Crippen MR) is 77.8 cm³/mol. The lowest BCUT2D eigenvalue weighted by Gasteiger charge is -2.22. The Bertz CT molecular complexity index is 445. The maximum atomic E-state index is 11.5. The molecule has 4 rings (SSSR count). The molecule has 3 heteroatoms. The van der Waals surface area contributed by atoms with Gasteiger partial charge in [0.2, 0.25) is 5.91 Å². The summed E-state index contributed by atoms with van der Waals surface area (Å²) in [4.78, 5) is 15.9. The Morgan fingerprint density at radius 2 is 1.75 bits per heavy atom. The van der Waals surface area contributed by atoms with Gasteiger partial charge in [-0.15, -0.1) is 0 Å². The summed E-state index contributed by atoms with van der Waals surface area (Å²) in [6.45, 7) is 5.02. The summed E-state index contributed by atoms with van der Waals surface area (Å²) in [5, 5.41) is 0. The van der Waals surface area contributed by atoms with Gasteiger partial charge >= 0.3 is 0 Å². The van der Waals surface area contributed by atoms with Crippen LogP contribution in [0, 0.1) is 35.5 Å². The first-order valence-electron chi connectivity index (χ1n) is 8.27. The second-order valence-corrected chi connectivity index (χ2v) is 7.13. The van der Waals surface area contributed by atoms with E-state index < -0.39 is 0 Å². The zero-order chi connectivity index (χ0) is 13.5. The van der Waals surface area contributed by atoms with Crippen LogP contribution >= 0.6 is 0 Å². The van der Waals surface area contributed by atoms with Gasteiger partial charge in [-0.3, -0.25) is 9.69 Å². The highest BCUT2D eigenvalue weighted by molar-refractivity contribution is 5.78. The van der Waals surface area contributed by atoms with E-state index in [4.69, 9.17) is 0 Å². The molecule has 2 saturated carbocycles. The van der Waals surface area contributed by atoms with Crippen LogP contribution in [-0.2, 0) is 4.79 Å². The van der Waals surface area contributed by atoms with Crippen molar-refractivity contribution in [2.75, 3.05) is 32.7 Å². The molecule has 3 nitrogen and oxygen atoms in total. The van der Waals surface area contributed by atoms with E-state index in [0.29, 0.717) is 6.54 Å². The Morgan fingerprint density at radius 1 is 1.05 bits per heavy atom. The summed E-state index contributed by atoms with van der Waals surface area (Å²) in [6.07, 6.45) is 6.23. The number of hydrogen-bond acceptors (Lipinski definition) is 2. The SMILES string of the molecule is O=C1CCCN1CC#CCN1C[C@H]2[C@H]3CC[C@@H](C3)[C@@H]2C1. The average Bonchev–Trinajstić information content (AvgIpc) is 3.17.